The summed E-state index contributed by atoms with van der Waals surface area (Å²) in [6, 6.07) is 8.23. The van der Waals surface area contributed by atoms with Crippen LogP contribution in [0.3, 0.4) is 0 Å². The number of carboxylic acid groups (broad SMARTS) is 1. The molecule has 140 valence electrons. The van der Waals surface area contributed by atoms with E-state index in [0.29, 0.717) is 16.5 Å². The van der Waals surface area contributed by atoms with Crippen LogP contribution in [0.4, 0.5) is 0 Å². The Kier molecular flexibility index (Phi) is 5.26. The highest BCUT2D eigenvalue weighted by molar-refractivity contribution is 7.13. The number of aromatic carboxylic acids is 1. The molecule has 2 unspecified atom stereocenters. The maximum Gasteiger partial charge on any atom is 0.347 e. The Bertz CT molecular complexity index is 968. The SMILES string of the molecule is Cc1nc(C(C)NC(=O)C(C)n2nnc(-c3ccccc3)n2)sc1C(=O)O. The third kappa shape index (κ3) is 4.00. The summed E-state index contributed by atoms with van der Waals surface area (Å²) in [4.78, 5) is 29.3. The van der Waals surface area contributed by atoms with Crippen molar-refractivity contribution < 1.29 is 14.7 Å². The maximum absolute atomic E-state index is 12.5. The van der Waals surface area contributed by atoms with Crippen molar-refractivity contribution in [3.63, 3.8) is 0 Å². The standard InChI is InChI=1S/C17H18N6O3S/c1-9-13(17(25)26)27-16(19-9)10(2)18-15(24)11(3)23-21-14(20-22-23)12-7-5-4-6-8-12/h4-8,10-11H,1-3H3,(H,18,24)(H,25,26). The molecule has 1 amide bonds. The average molecular weight is 386 g/mol. The Morgan fingerprint density at radius 2 is 1.93 bits per heavy atom. The molecule has 0 fully saturated rings. The Morgan fingerprint density at radius 1 is 1.22 bits per heavy atom. The molecule has 27 heavy (non-hydrogen) atoms. The summed E-state index contributed by atoms with van der Waals surface area (Å²) in [6.45, 7) is 5.04. The molecule has 0 aliphatic carbocycles. The summed E-state index contributed by atoms with van der Waals surface area (Å²) in [5, 5.41) is 24.7. The van der Waals surface area contributed by atoms with E-state index in [1.54, 1.807) is 20.8 Å². The molecule has 0 spiro atoms. The first-order chi connectivity index (χ1) is 12.9. The zero-order valence-electron chi connectivity index (χ0n) is 14.9. The van der Waals surface area contributed by atoms with E-state index in [1.165, 1.54) is 4.80 Å². The smallest absolute Gasteiger partial charge is 0.347 e. The second-order valence-electron chi connectivity index (χ2n) is 5.98. The highest BCUT2D eigenvalue weighted by Gasteiger charge is 2.23. The van der Waals surface area contributed by atoms with Gasteiger partial charge in [-0.05, 0) is 26.0 Å². The zero-order chi connectivity index (χ0) is 19.6. The van der Waals surface area contributed by atoms with E-state index in [9.17, 15) is 9.59 Å². The number of nitrogens with one attached hydrogen (secondary N) is 1. The fourth-order valence-corrected chi connectivity index (χ4v) is 3.30. The van der Waals surface area contributed by atoms with Crippen LogP contribution in [0, 0.1) is 6.92 Å². The summed E-state index contributed by atoms with van der Waals surface area (Å²) in [6.07, 6.45) is 0. The van der Waals surface area contributed by atoms with Gasteiger partial charge in [0.15, 0.2) is 0 Å². The lowest BCUT2D eigenvalue weighted by Gasteiger charge is -2.15. The molecule has 10 heteroatoms. The Labute approximate surface area is 159 Å². The van der Waals surface area contributed by atoms with E-state index in [0.717, 1.165) is 16.9 Å². The third-order valence-corrected chi connectivity index (χ3v) is 5.25. The third-order valence-electron chi connectivity index (χ3n) is 3.92. The second kappa shape index (κ2) is 7.62. The van der Waals surface area contributed by atoms with E-state index in [-0.39, 0.29) is 10.8 Å². The van der Waals surface area contributed by atoms with Crippen molar-refractivity contribution in [2.45, 2.75) is 32.9 Å². The molecule has 3 rings (SSSR count). The predicted molar refractivity (Wildman–Crippen MR) is 98.3 cm³/mol. The molecule has 0 saturated carbocycles. The van der Waals surface area contributed by atoms with Crippen LogP contribution in [-0.2, 0) is 4.79 Å². The largest absolute Gasteiger partial charge is 0.477 e. The molecule has 0 aliphatic heterocycles. The fourth-order valence-electron chi connectivity index (χ4n) is 2.39. The second-order valence-corrected chi connectivity index (χ2v) is 7.01. The van der Waals surface area contributed by atoms with Gasteiger partial charge < -0.3 is 10.4 Å². The Morgan fingerprint density at radius 3 is 2.56 bits per heavy atom. The summed E-state index contributed by atoms with van der Waals surface area (Å²) in [7, 11) is 0. The van der Waals surface area contributed by atoms with E-state index in [4.69, 9.17) is 5.11 Å². The number of rotatable bonds is 6. The number of carbonyl (C=O) groups excluding carboxylic acids is 1. The highest BCUT2D eigenvalue weighted by atomic mass is 32.1. The molecule has 1 aromatic carbocycles. The number of carbonyl (C=O) groups is 2. The maximum atomic E-state index is 12.5. The number of hydrogen-bond donors (Lipinski definition) is 2. The van der Waals surface area contributed by atoms with Gasteiger partial charge in [0.05, 0.1) is 11.7 Å². The van der Waals surface area contributed by atoms with E-state index in [1.807, 2.05) is 30.3 Å². The van der Waals surface area contributed by atoms with Crippen molar-refractivity contribution in [2.24, 2.45) is 0 Å². The van der Waals surface area contributed by atoms with Crippen molar-refractivity contribution in [3.8, 4) is 11.4 Å². The van der Waals surface area contributed by atoms with Crippen molar-refractivity contribution in [1.82, 2.24) is 30.5 Å². The molecule has 3 aromatic rings. The van der Waals surface area contributed by atoms with Crippen molar-refractivity contribution in [1.29, 1.82) is 0 Å². The average Bonchev–Trinajstić information content (AvgIpc) is 3.28. The van der Waals surface area contributed by atoms with Crippen LogP contribution in [0.5, 0.6) is 0 Å². The van der Waals surface area contributed by atoms with Crippen molar-refractivity contribution >= 4 is 23.2 Å². The minimum absolute atomic E-state index is 0.171. The molecule has 0 bridgehead atoms. The molecule has 2 N–H and O–H groups in total. The lowest BCUT2D eigenvalue weighted by Crippen LogP contribution is -2.34. The minimum atomic E-state index is -1.02. The lowest BCUT2D eigenvalue weighted by molar-refractivity contribution is -0.125. The topological polar surface area (TPSA) is 123 Å². The van der Waals surface area contributed by atoms with Crippen LogP contribution in [0.15, 0.2) is 30.3 Å². The van der Waals surface area contributed by atoms with E-state index < -0.39 is 18.1 Å². The molecule has 0 saturated heterocycles. The fraction of sp³-hybridized carbons (Fsp3) is 0.294. The van der Waals surface area contributed by atoms with Gasteiger partial charge in [0, 0.05) is 5.56 Å². The zero-order valence-corrected chi connectivity index (χ0v) is 15.8. The molecular formula is C17H18N6O3S. The summed E-state index contributed by atoms with van der Waals surface area (Å²) < 4.78 is 0. The van der Waals surface area contributed by atoms with Gasteiger partial charge in [-0.25, -0.2) is 9.78 Å². The van der Waals surface area contributed by atoms with E-state index in [2.05, 4.69) is 25.7 Å². The molecule has 2 aromatic heterocycles. The van der Waals surface area contributed by atoms with Gasteiger partial charge >= 0.3 is 5.97 Å². The number of benzene rings is 1. The van der Waals surface area contributed by atoms with Gasteiger partial charge in [-0.15, -0.1) is 21.5 Å². The van der Waals surface area contributed by atoms with Gasteiger partial charge in [-0.3, -0.25) is 4.79 Å². The normalized spacial score (nSPS) is 13.1. The number of aromatic nitrogens is 5. The van der Waals surface area contributed by atoms with Gasteiger partial charge in [0.25, 0.3) is 0 Å². The number of nitrogens with zero attached hydrogens (tertiary/aromatic N) is 5. The number of tetrazole rings is 1. The molecule has 2 atom stereocenters. The summed E-state index contributed by atoms with van der Waals surface area (Å²) in [5.74, 6) is -0.905. The summed E-state index contributed by atoms with van der Waals surface area (Å²) in [5.41, 5.74) is 1.24. The number of carboxylic acids is 1. The first-order valence-electron chi connectivity index (χ1n) is 8.22. The number of hydrogen-bond acceptors (Lipinski definition) is 7. The van der Waals surface area contributed by atoms with Crippen LogP contribution < -0.4 is 5.32 Å². The van der Waals surface area contributed by atoms with Crippen LogP contribution in [0.2, 0.25) is 0 Å². The Balaban J connectivity index is 1.70. The number of aryl methyl sites for hydroxylation is 1. The van der Waals surface area contributed by atoms with Gasteiger partial charge in [-0.1, -0.05) is 30.3 Å². The monoisotopic (exact) mass is 386 g/mol. The van der Waals surface area contributed by atoms with Crippen LogP contribution >= 0.6 is 11.3 Å². The molecule has 2 heterocycles. The van der Waals surface area contributed by atoms with Gasteiger partial charge in [-0.2, -0.15) is 4.80 Å². The first-order valence-corrected chi connectivity index (χ1v) is 9.04. The summed E-state index contributed by atoms with van der Waals surface area (Å²) >= 11 is 1.05. The lowest BCUT2D eigenvalue weighted by atomic mass is 10.2. The van der Waals surface area contributed by atoms with Crippen molar-refractivity contribution in [2.75, 3.05) is 0 Å². The highest BCUT2D eigenvalue weighted by Crippen LogP contribution is 2.24. The first kappa shape index (κ1) is 18.6. The van der Waals surface area contributed by atoms with Gasteiger partial charge in [0.2, 0.25) is 11.7 Å². The number of thiazole rings is 1. The van der Waals surface area contributed by atoms with Crippen LogP contribution in [0.25, 0.3) is 11.4 Å². The van der Waals surface area contributed by atoms with E-state index >= 15 is 0 Å². The molecule has 9 nitrogen and oxygen atoms in total. The van der Waals surface area contributed by atoms with Crippen LogP contribution in [0.1, 0.15) is 46.3 Å². The Hall–Kier alpha value is -3.14. The van der Waals surface area contributed by atoms with Gasteiger partial charge in [0.1, 0.15) is 15.9 Å². The number of amides is 1. The quantitative estimate of drug-likeness (QED) is 0.666. The molecule has 0 aliphatic rings. The molecular weight excluding hydrogens is 368 g/mol. The predicted octanol–water partition coefficient (Wildman–Crippen LogP) is 2.24. The molecule has 0 radical (unpaired) electrons. The van der Waals surface area contributed by atoms with Crippen LogP contribution in [-0.4, -0.2) is 42.2 Å². The minimum Gasteiger partial charge on any atom is -0.477 e. The van der Waals surface area contributed by atoms with Crippen molar-refractivity contribution in [3.05, 3.63) is 45.9 Å².